The molecule has 1 aliphatic carbocycles. The Labute approximate surface area is 176 Å². The zero-order valence-electron chi connectivity index (χ0n) is 17.7. The summed E-state index contributed by atoms with van der Waals surface area (Å²) < 4.78 is 0. The van der Waals surface area contributed by atoms with Gasteiger partial charge in [-0.3, -0.25) is 14.8 Å². The molecule has 0 atom stereocenters. The van der Waals surface area contributed by atoms with Crippen molar-refractivity contribution >= 4 is 30.4 Å². The number of H-pyrrole nitrogens is 1. The standard InChI is InChI=1S/C25H26N4O/c1-16-9-11-19(12-10-16)22-15-29(14-13-27-22)18(3)24(26-4)23-17(2)25(30)20-7-5-6-8-21(20)28-23/h6,8-13,15H,4-5,7,14H2,1-3H3,(H,28,30)/b24-18-. The van der Waals surface area contributed by atoms with Crippen LogP contribution in [0.4, 0.5) is 0 Å². The molecule has 0 unspecified atom stereocenters. The first-order valence-corrected chi connectivity index (χ1v) is 10.2. The second-order valence-corrected chi connectivity index (χ2v) is 7.72. The summed E-state index contributed by atoms with van der Waals surface area (Å²) in [7, 11) is 0. The smallest absolute Gasteiger partial charge is 0.188 e. The Morgan fingerprint density at radius 1 is 1.23 bits per heavy atom. The lowest BCUT2D eigenvalue weighted by molar-refractivity contribution is 0.533. The lowest BCUT2D eigenvalue weighted by Gasteiger charge is -2.25. The molecule has 0 saturated heterocycles. The molecule has 1 aromatic heterocycles. The molecule has 0 fully saturated rings. The van der Waals surface area contributed by atoms with Crippen molar-refractivity contribution in [3.8, 4) is 0 Å². The van der Waals surface area contributed by atoms with Crippen LogP contribution in [-0.2, 0) is 6.42 Å². The van der Waals surface area contributed by atoms with E-state index >= 15 is 0 Å². The molecule has 2 aliphatic rings. The highest BCUT2D eigenvalue weighted by molar-refractivity contribution is 5.79. The van der Waals surface area contributed by atoms with Crippen LogP contribution in [0.5, 0.6) is 0 Å². The maximum absolute atomic E-state index is 12.9. The fraction of sp³-hybridized carbons (Fsp3) is 0.240. The topological polar surface area (TPSA) is 60.8 Å². The Balaban J connectivity index is 1.78. The Kier molecular flexibility index (Phi) is 5.36. The summed E-state index contributed by atoms with van der Waals surface area (Å²) in [6.45, 7) is 10.4. The summed E-state index contributed by atoms with van der Waals surface area (Å²) >= 11 is 0. The van der Waals surface area contributed by atoms with Crippen LogP contribution in [0, 0.1) is 13.8 Å². The maximum Gasteiger partial charge on any atom is 0.188 e. The molecule has 0 bridgehead atoms. The van der Waals surface area contributed by atoms with Crippen LogP contribution in [-0.4, -0.2) is 29.4 Å². The molecule has 2 heterocycles. The molecule has 5 nitrogen and oxygen atoms in total. The van der Waals surface area contributed by atoms with Crippen molar-refractivity contribution in [3.63, 3.8) is 0 Å². The molecule has 0 spiro atoms. The highest BCUT2D eigenvalue weighted by atomic mass is 16.1. The minimum Gasteiger partial charge on any atom is -0.353 e. The van der Waals surface area contributed by atoms with Crippen LogP contribution in [0.2, 0.25) is 0 Å². The predicted octanol–water partition coefficient (Wildman–Crippen LogP) is 4.73. The minimum atomic E-state index is 0.0909. The van der Waals surface area contributed by atoms with Gasteiger partial charge in [-0.15, -0.1) is 0 Å². The molecule has 152 valence electrons. The summed E-state index contributed by atoms with van der Waals surface area (Å²) in [6.07, 6.45) is 9.67. The van der Waals surface area contributed by atoms with Crippen LogP contribution in [0.1, 0.15) is 47.0 Å². The zero-order valence-corrected chi connectivity index (χ0v) is 17.7. The first kappa shape index (κ1) is 19.8. The normalized spacial score (nSPS) is 16.1. The van der Waals surface area contributed by atoms with Gasteiger partial charge in [0.05, 0.1) is 17.9 Å². The van der Waals surface area contributed by atoms with E-state index in [0.29, 0.717) is 17.8 Å². The Hall–Kier alpha value is -3.47. The van der Waals surface area contributed by atoms with Gasteiger partial charge in [-0.05, 0) is 46.4 Å². The number of pyridine rings is 1. The molecule has 1 N–H and O–H groups in total. The molecule has 0 amide bonds. The monoisotopic (exact) mass is 398 g/mol. The third-order valence-corrected chi connectivity index (χ3v) is 5.72. The van der Waals surface area contributed by atoms with Gasteiger partial charge in [0.15, 0.2) is 5.43 Å². The van der Waals surface area contributed by atoms with Gasteiger partial charge in [0, 0.05) is 40.5 Å². The van der Waals surface area contributed by atoms with Crippen molar-refractivity contribution in [3.05, 3.63) is 86.1 Å². The van der Waals surface area contributed by atoms with E-state index in [9.17, 15) is 4.79 Å². The van der Waals surface area contributed by atoms with Gasteiger partial charge >= 0.3 is 0 Å². The van der Waals surface area contributed by atoms with Crippen LogP contribution < -0.4 is 5.43 Å². The first-order valence-electron chi connectivity index (χ1n) is 10.2. The van der Waals surface area contributed by atoms with Crippen molar-refractivity contribution in [1.82, 2.24) is 9.88 Å². The summed E-state index contributed by atoms with van der Waals surface area (Å²) in [4.78, 5) is 27.3. The van der Waals surface area contributed by atoms with Gasteiger partial charge in [0.25, 0.3) is 0 Å². The lowest BCUT2D eigenvalue weighted by atomic mass is 9.97. The third-order valence-electron chi connectivity index (χ3n) is 5.72. The number of hydrogen-bond acceptors (Lipinski definition) is 4. The minimum absolute atomic E-state index is 0.0909. The SMILES string of the molecule is C=N/C(=C(/C)N1C=C(c2ccc(C)cc2)N=CC1)c1[nH]c2c(c(=O)c1C)CCC=C2. The summed E-state index contributed by atoms with van der Waals surface area (Å²) in [5.74, 6) is 0. The van der Waals surface area contributed by atoms with Gasteiger partial charge in [0.2, 0.25) is 0 Å². The van der Waals surface area contributed by atoms with E-state index in [4.69, 9.17) is 0 Å². The van der Waals surface area contributed by atoms with Gasteiger partial charge < -0.3 is 9.88 Å². The molecule has 0 radical (unpaired) electrons. The number of rotatable bonds is 4. The third kappa shape index (κ3) is 3.59. The van der Waals surface area contributed by atoms with Gasteiger partial charge in [0.1, 0.15) is 5.70 Å². The number of aromatic amines is 1. The molecule has 30 heavy (non-hydrogen) atoms. The number of benzene rings is 1. The van der Waals surface area contributed by atoms with E-state index in [1.165, 1.54) is 5.56 Å². The molecule has 4 rings (SSSR count). The average molecular weight is 399 g/mol. The van der Waals surface area contributed by atoms with E-state index in [1.807, 2.05) is 32.3 Å². The van der Waals surface area contributed by atoms with E-state index in [0.717, 1.165) is 46.8 Å². The molecule has 1 aromatic carbocycles. The fourth-order valence-electron chi connectivity index (χ4n) is 3.90. The lowest BCUT2D eigenvalue weighted by Crippen LogP contribution is -2.23. The van der Waals surface area contributed by atoms with Crippen molar-refractivity contribution < 1.29 is 0 Å². The highest BCUT2D eigenvalue weighted by Crippen LogP contribution is 2.28. The number of hydrogen-bond donors (Lipinski definition) is 1. The van der Waals surface area contributed by atoms with Crippen molar-refractivity contribution in [2.45, 2.75) is 33.6 Å². The quantitative estimate of drug-likeness (QED) is 0.757. The van der Waals surface area contributed by atoms with Crippen molar-refractivity contribution in [2.24, 2.45) is 9.98 Å². The highest BCUT2D eigenvalue weighted by Gasteiger charge is 2.20. The Morgan fingerprint density at radius 2 is 2.00 bits per heavy atom. The molecule has 5 heteroatoms. The molecular formula is C25H26N4O. The molecule has 2 aromatic rings. The van der Waals surface area contributed by atoms with Crippen molar-refractivity contribution in [2.75, 3.05) is 6.54 Å². The predicted molar refractivity (Wildman–Crippen MR) is 126 cm³/mol. The van der Waals surface area contributed by atoms with Crippen LogP contribution in [0.25, 0.3) is 17.5 Å². The van der Waals surface area contributed by atoms with Crippen molar-refractivity contribution in [1.29, 1.82) is 0 Å². The second-order valence-electron chi connectivity index (χ2n) is 7.72. The number of aromatic nitrogens is 1. The van der Waals surface area contributed by atoms with Crippen LogP contribution in [0.15, 0.2) is 57.0 Å². The average Bonchev–Trinajstić information content (AvgIpc) is 2.78. The zero-order chi connectivity index (χ0) is 21.3. The number of nitrogens with one attached hydrogen (secondary N) is 1. The first-order chi connectivity index (χ1) is 14.5. The van der Waals surface area contributed by atoms with E-state index < -0.39 is 0 Å². The van der Waals surface area contributed by atoms with Gasteiger partial charge in [-0.25, -0.2) is 0 Å². The summed E-state index contributed by atoms with van der Waals surface area (Å²) in [5.41, 5.74) is 7.99. The van der Waals surface area contributed by atoms with E-state index in [1.54, 1.807) is 0 Å². The number of allylic oxidation sites excluding steroid dienone is 2. The molecule has 1 aliphatic heterocycles. The fourth-order valence-corrected chi connectivity index (χ4v) is 3.90. The Bertz CT molecular complexity index is 1180. The summed E-state index contributed by atoms with van der Waals surface area (Å²) in [5, 5.41) is 0. The van der Waals surface area contributed by atoms with Gasteiger partial charge in [-0.2, -0.15) is 0 Å². The van der Waals surface area contributed by atoms with Crippen LogP contribution >= 0.6 is 0 Å². The Morgan fingerprint density at radius 3 is 2.73 bits per heavy atom. The second kappa shape index (κ2) is 8.11. The number of nitrogens with zero attached hydrogens (tertiary/aromatic N) is 3. The number of aliphatic imine (C=N–C) groups is 2. The number of fused-ring (bicyclic) bond motifs is 1. The van der Waals surface area contributed by atoms with E-state index in [2.05, 4.69) is 63.9 Å². The van der Waals surface area contributed by atoms with Crippen LogP contribution in [0.3, 0.4) is 0 Å². The summed E-state index contributed by atoms with van der Waals surface area (Å²) in [6, 6.07) is 8.31. The maximum atomic E-state index is 12.9. The largest absolute Gasteiger partial charge is 0.353 e. The number of aryl methyl sites for hydroxylation is 1. The van der Waals surface area contributed by atoms with E-state index in [-0.39, 0.29) is 5.43 Å². The molecular weight excluding hydrogens is 372 g/mol. The van der Waals surface area contributed by atoms with Gasteiger partial charge in [-0.1, -0.05) is 35.9 Å². The molecule has 0 saturated carbocycles.